The number of hydrogen-bond donors (Lipinski definition) is 2. The molecule has 2 unspecified atom stereocenters. The first-order chi connectivity index (χ1) is 11.8. The number of carbonyl (C=O) groups excluding carboxylic acids is 1. The Morgan fingerprint density at radius 1 is 1.25 bits per heavy atom. The number of rotatable bonds is 4. The Balaban J connectivity index is 1.27. The van der Waals surface area contributed by atoms with Crippen molar-refractivity contribution in [3.05, 3.63) is 18.2 Å². The lowest BCUT2D eigenvalue weighted by Crippen LogP contribution is -2.48. The Kier molecular flexibility index (Phi) is 4.68. The fourth-order valence-electron chi connectivity index (χ4n) is 3.06. The lowest BCUT2D eigenvalue weighted by Gasteiger charge is -2.28. The van der Waals surface area contributed by atoms with Crippen molar-refractivity contribution in [3.63, 3.8) is 0 Å². The second-order valence-corrected chi connectivity index (χ2v) is 7.26. The van der Waals surface area contributed by atoms with Crippen LogP contribution in [0.2, 0.25) is 0 Å². The smallest absolute Gasteiger partial charge is 0.241 e. The van der Waals surface area contributed by atoms with Gasteiger partial charge in [-0.05, 0) is 18.6 Å². The summed E-state index contributed by atoms with van der Waals surface area (Å²) >= 11 is 1.90. The van der Waals surface area contributed by atoms with Crippen LogP contribution < -0.4 is 25.1 Å². The van der Waals surface area contributed by atoms with E-state index in [0.717, 1.165) is 42.5 Å². The predicted octanol–water partition coefficient (Wildman–Crippen LogP) is 0.605. The molecule has 1 amide bonds. The van der Waals surface area contributed by atoms with Crippen LogP contribution in [0.1, 0.15) is 6.42 Å². The van der Waals surface area contributed by atoms with Crippen molar-refractivity contribution in [2.45, 2.75) is 18.5 Å². The molecule has 7 nitrogen and oxygen atoms in total. The van der Waals surface area contributed by atoms with Crippen molar-refractivity contribution in [2.24, 2.45) is 0 Å². The van der Waals surface area contributed by atoms with Crippen molar-refractivity contribution in [2.75, 3.05) is 38.0 Å². The molecular formula is C16H21N3O4S. The molecule has 2 fully saturated rings. The van der Waals surface area contributed by atoms with Gasteiger partial charge < -0.3 is 19.1 Å². The zero-order chi connectivity index (χ0) is 16.4. The van der Waals surface area contributed by atoms with E-state index in [-0.39, 0.29) is 24.8 Å². The Hall–Kier alpha value is -1.64. The second-order valence-electron chi connectivity index (χ2n) is 6.04. The fraction of sp³-hybridized carbons (Fsp3) is 0.562. The molecule has 0 spiro atoms. The largest absolute Gasteiger partial charge is 0.492 e. The van der Waals surface area contributed by atoms with Crippen molar-refractivity contribution in [1.29, 1.82) is 0 Å². The number of ether oxygens (including phenoxy) is 3. The molecule has 0 bridgehead atoms. The molecule has 0 aliphatic carbocycles. The van der Waals surface area contributed by atoms with Gasteiger partial charge in [0.25, 0.3) is 0 Å². The van der Waals surface area contributed by atoms with Gasteiger partial charge >= 0.3 is 0 Å². The molecule has 8 heteroatoms. The summed E-state index contributed by atoms with van der Waals surface area (Å²) in [5, 5.41) is 0. The molecule has 3 heterocycles. The van der Waals surface area contributed by atoms with Crippen LogP contribution in [-0.2, 0) is 4.79 Å². The average molecular weight is 351 g/mol. The van der Waals surface area contributed by atoms with Gasteiger partial charge in [0.05, 0.1) is 6.04 Å². The molecule has 2 N–H and O–H groups in total. The quantitative estimate of drug-likeness (QED) is 0.823. The summed E-state index contributed by atoms with van der Waals surface area (Å²) < 4.78 is 16.5. The van der Waals surface area contributed by atoms with E-state index in [4.69, 9.17) is 14.2 Å². The first kappa shape index (κ1) is 15.9. The molecule has 0 aromatic heterocycles. The van der Waals surface area contributed by atoms with Gasteiger partial charge in [0, 0.05) is 30.7 Å². The van der Waals surface area contributed by atoms with Crippen LogP contribution in [0.4, 0.5) is 0 Å². The third-order valence-electron chi connectivity index (χ3n) is 4.40. The highest BCUT2D eigenvalue weighted by Crippen LogP contribution is 2.35. The summed E-state index contributed by atoms with van der Waals surface area (Å²) in [5.41, 5.74) is 6.27. The summed E-state index contributed by atoms with van der Waals surface area (Å²) in [6.45, 7) is 2.44. The van der Waals surface area contributed by atoms with Gasteiger partial charge in [0.2, 0.25) is 12.7 Å². The summed E-state index contributed by atoms with van der Waals surface area (Å²) in [6.07, 6.45) is 0.729. The van der Waals surface area contributed by atoms with Crippen molar-refractivity contribution in [1.82, 2.24) is 15.8 Å². The number of nitrogens with zero attached hydrogens (tertiary/aromatic N) is 1. The summed E-state index contributed by atoms with van der Waals surface area (Å²) in [5.74, 6) is 4.44. The van der Waals surface area contributed by atoms with Gasteiger partial charge in [-0.15, -0.1) is 0 Å². The van der Waals surface area contributed by atoms with Crippen LogP contribution in [0.5, 0.6) is 17.2 Å². The van der Waals surface area contributed by atoms with Gasteiger partial charge in [-0.2, -0.15) is 11.8 Å². The highest BCUT2D eigenvalue weighted by atomic mass is 32.2. The number of carbonyl (C=O) groups is 1. The van der Waals surface area contributed by atoms with Crippen LogP contribution in [0.25, 0.3) is 0 Å². The molecule has 1 aromatic carbocycles. The van der Waals surface area contributed by atoms with Crippen molar-refractivity contribution in [3.8, 4) is 17.2 Å². The van der Waals surface area contributed by atoms with E-state index in [1.54, 1.807) is 0 Å². The van der Waals surface area contributed by atoms with E-state index in [0.29, 0.717) is 12.4 Å². The third kappa shape index (κ3) is 3.40. The molecule has 4 rings (SSSR count). The Morgan fingerprint density at radius 3 is 2.96 bits per heavy atom. The molecule has 1 aromatic rings. The van der Waals surface area contributed by atoms with Crippen LogP contribution in [0.3, 0.4) is 0 Å². The molecule has 24 heavy (non-hydrogen) atoms. The molecule has 2 atom stereocenters. The molecular weight excluding hydrogens is 330 g/mol. The molecule has 0 radical (unpaired) electrons. The highest BCUT2D eigenvalue weighted by Gasteiger charge is 2.33. The van der Waals surface area contributed by atoms with Gasteiger partial charge in [0.15, 0.2) is 11.5 Å². The molecule has 0 saturated carbocycles. The Morgan fingerprint density at radius 2 is 2.08 bits per heavy atom. The third-order valence-corrected chi connectivity index (χ3v) is 5.34. The normalized spacial score (nSPS) is 25.8. The molecule has 2 saturated heterocycles. The number of nitrogens with one attached hydrogen (secondary N) is 2. The lowest BCUT2D eigenvalue weighted by molar-refractivity contribution is -0.132. The molecule has 130 valence electrons. The van der Waals surface area contributed by atoms with E-state index < -0.39 is 0 Å². The summed E-state index contributed by atoms with van der Waals surface area (Å²) in [6, 6.07) is 5.48. The van der Waals surface area contributed by atoms with E-state index in [1.165, 1.54) is 0 Å². The first-order valence-corrected chi connectivity index (χ1v) is 9.35. The van der Waals surface area contributed by atoms with Crippen molar-refractivity contribution < 1.29 is 19.0 Å². The van der Waals surface area contributed by atoms with E-state index in [1.807, 2.05) is 34.9 Å². The monoisotopic (exact) mass is 351 g/mol. The Bertz CT molecular complexity index is 609. The van der Waals surface area contributed by atoms with Crippen LogP contribution >= 0.6 is 11.8 Å². The van der Waals surface area contributed by atoms with E-state index >= 15 is 0 Å². The maximum atomic E-state index is 12.5. The van der Waals surface area contributed by atoms with Crippen LogP contribution in [0, 0.1) is 0 Å². The average Bonchev–Trinajstić information content (AvgIpc) is 3.29. The van der Waals surface area contributed by atoms with Crippen LogP contribution in [-0.4, -0.2) is 60.9 Å². The minimum absolute atomic E-state index is 0.100. The molecule has 3 aliphatic rings. The number of amides is 1. The molecule has 3 aliphatic heterocycles. The minimum Gasteiger partial charge on any atom is -0.492 e. The standard InChI is InChI=1S/C16H21N3O4S/c20-16(19-3-5-24-6-4-19)13-7-11(17-18-13)9-21-12-1-2-14-15(8-12)23-10-22-14/h1-2,8,11,13,17-18H,3-7,9-10H2. The maximum absolute atomic E-state index is 12.5. The number of fused-ring (bicyclic) bond motifs is 1. The summed E-state index contributed by atoms with van der Waals surface area (Å²) in [4.78, 5) is 14.4. The lowest BCUT2D eigenvalue weighted by atomic mass is 10.1. The fourth-order valence-corrected chi connectivity index (χ4v) is 3.96. The summed E-state index contributed by atoms with van der Waals surface area (Å²) in [7, 11) is 0. The van der Waals surface area contributed by atoms with Crippen molar-refractivity contribution >= 4 is 17.7 Å². The number of benzene rings is 1. The zero-order valence-corrected chi connectivity index (χ0v) is 14.1. The maximum Gasteiger partial charge on any atom is 0.241 e. The number of thioether (sulfide) groups is 1. The Labute approximate surface area is 145 Å². The van der Waals surface area contributed by atoms with Gasteiger partial charge in [-0.25, -0.2) is 5.43 Å². The van der Waals surface area contributed by atoms with Gasteiger partial charge in [0.1, 0.15) is 18.4 Å². The zero-order valence-electron chi connectivity index (χ0n) is 13.3. The highest BCUT2D eigenvalue weighted by molar-refractivity contribution is 7.99. The predicted molar refractivity (Wildman–Crippen MR) is 90.4 cm³/mol. The topological polar surface area (TPSA) is 72.1 Å². The van der Waals surface area contributed by atoms with Gasteiger partial charge in [-0.3, -0.25) is 10.2 Å². The van der Waals surface area contributed by atoms with Gasteiger partial charge in [-0.1, -0.05) is 0 Å². The minimum atomic E-state index is -0.168. The first-order valence-electron chi connectivity index (χ1n) is 8.19. The SMILES string of the molecule is O=C(C1CC(COc2ccc3c(c2)OCO3)NN1)N1CCSCC1. The number of hydrogen-bond acceptors (Lipinski definition) is 7. The van der Waals surface area contributed by atoms with Crippen LogP contribution in [0.15, 0.2) is 18.2 Å². The second kappa shape index (κ2) is 7.08. The van der Waals surface area contributed by atoms with E-state index in [2.05, 4.69) is 10.9 Å². The number of hydrazine groups is 1. The van der Waals surface area contributed by atoms with E-state index in [9.17, 15) is 4.79 Å².